The molecule has 0 aromatic heterocycles. The Bertz CT molecular complexity index is 458. The van der Waals surface area contributed by atoms with Crippen LogP contribution in [0.3, 0.4) is 0 Å². The fourth-order valence-corrected chi connectivity index (χ4v) is 2.46. The number of rotatable bonds is 3. The molecule has 1 aromatic carbocycles. The van der Waals surface area contributed by atoms with Crippen molar-refractivity contribution >= 4 is 33.1 Å². The van der Waals surface area contributed by atoms with Crippen LogP contribution >= 0.6 is 28.1 Å². The van der Waals surface area contributed by atoms with Crippen LogP contribution in [0.5, 0.6) is 0 Å². The summed E-state index contributed by atoms with van der Waals surface area (Å²) in [5.74, 6) is -0.244. The molecule has 0 amide bonds. The van der Waals surface area contributed by atoms with Crippen LogP contribution in [0, 0.1) is 5.82 Å². The van der Waals surface area contributed by atoms with Gasteiger partial charge in [0.05, 0.1) is 11.1 Å². The van der Waals surface area contributed by atoms with Gasteiger partial charge in [0.15, 0.2) is 0 Å². The number of benzene rings is 1. The summed E-state index contributed by atoms with van der Waals surface area (Å²) >= 11 is 8.20. The molecule has 0 saturated carbocycles. The molecule has 1 atom stereocenters. The molecule has 1 aliphatic rings. The van der Waals surface area contributed by atoms with Crippen LogP contribution in [0.15, 0.2) is 22.7 Å². The van der Waals surface area contributed by atoms with Gasteiger partial charge in [-0.2, -0.15) is 0 Å². The summed E-state index contributed by atoms with van der Waals surface area (Å²) in [7, 11) is 0. The smallest absolute Gasteiger partial charge is 0.137 e. The Labute approximate surface area is 119 Å². The molecule has 1 heterocycles. The summed E-state index contributed by atoms with van der Waals surface area (Å²) in [6, 6.07) is 5.05. The quantitative estimate of drug-likeness (QED) is 0.860. The van der Waals surface area contributed by atoms with Crippen molar-refractivity contribution < 1.29 is 9.13 Å². The summed E-state index contributed by atoms with van der Waals surface area (Å²) in [5.41, 5.74) is 6.50. The first-order valence-corrected chi connectivity index (χ1v) is 6.84. The molecule has 0 bridgehead atoms. The fourth-order valence-electron chi connectivity index (χ4n) is 1.93. The van der Waals surface area contributed by atoms with E-state index in [1.165, 1.54) is 6.07 Å². The molecule has 2 N–H and O–H groups in total. The SMILES string of the molecule is NC(=S)C1CN(Cc2cccc(F)c2Br)CCO1. The molecule has 18 heavy (non-hydrogen) atoms. The second-order valence-corrected chi connectivity index (χ2v) is 5.47. The van der Waals surface area contributed by atoms with Crippen molar-refractivity contribution in [2.45, 2.75) is 12.6 Å². The Morgan fingerprint density at radius 1 is 1.61 bits per heavy atom. The van der Waals surface area contributed by atoms with Gasteiger partial charge in [0.1, 0.15) is 16.9 Å². The van der Waals surface area contributed by atoms with Crippen LogP contribution < -0.4 is 5.73 Å². The number of halogens is 2. The Kier molecular flexibility index (Phi) is 4.66. The van der Waals surface area contributed by atoms with Crippen molar-refractivity contribution in [2.24, 2.45) is 5.73 Å². The highest BCUT2D eigenvalue weighted by atomic mass is 79.9. The highest BCUT2D eigenvalue weighted by Crippen LogP contribution is 2.22. The average molecular weight is 333 g/mol. The highest BCUT2D eigenvalue weighted by molar-refractivity contribution is 9.10. The van der Waals surface area contributed by atoms with Crippen molar-refractivity contribution in [1.29, 1.82) is 0 Å². The highest BCUT2D eigenvalue weighted by Gasteiger charge is 2.23. The van der Waals surface area contributed by atoms with E-state index in [4.69, 9.17) is 22.7 Å². The van der Waals surface area contributed by atoms with E-state index in [0.717, 1.165) is 12.1 Å². The molecule has 1 saturated heterocycles. The predicted molar refractivity (Wildman–Crippen MR) is 75.9 cm³/mol. The number of ether oxygens (including phenoxy) is 1. The molecule has 1 aliphatic heterocycles. The van der Waals surface area contributed by atoms with Crippen LogP contribution in [0.25, 0.3) is 0 Å². The van der Waals surface area contributed by atoms with Crippen LogP contribution in [0.1, 0.15) is 5.56 Å². The summed E-state index contributed by atoms with van der Waals surface area (Å²) < 4.78 is 19.4. The van der Waals surface area contributed by atoms with Gasteiger partial charge in [-0.25, -0.2) is 4.39 Å². The largest absolute Gasteiger partial charge is 0.391 e. The zero-order valence-corrected chi connectivity index (χ0v) is 12.1. The monoisotopic (exact) mass is 332 g/mol. The van der Waals surface area contributed by atoms with Crippen molar-refractivity contribution in [1.82, 2.24) is 4.90 Å². The molecule has 0 radical (unpaired) electrons. The molecule has 0 spiro atoms. The summed E-state index contributed by atoms with van der Waals surface area (Å²) in [6.45, 7) is 2.69. The number of hydrogen-bond donors (Lipinski definition) is 1. The summed E-state index contributed by atoms with van der Waals surface area (Å²) in [4.78, 5) is 2.53. The lowest BCUT2D eigenvalue weighted by molar-refractivity contribution is 0.00380. The Balaban J connectivity index is 2.05. The van der Waals surface area contributed by atoms with Gasteiger partial charge < -0.3 is 10.5 Å². The molecule has 2 rings (SSSR count). The van der Waals surface area contributed by atoms with Crippen LogP contribution in [-0.4, -0.2) is 35.7 Å². The first-order valence-electron chi connectivity index (χ1n) is 5.64. The molecule has 3 nitrogen and oxygen atoms in total. The number of nitrogens with zero attached hydrogens (tertiary/aromatic N) is 1. The number of hydrogen-bond acceptors (Lipinski definition) is 3. The predicted octanol–water partition coefficient (Wildman–Crippen LogP) is 2.08. The lowest BCUT2D eigenvalue weighted by Gasteiger charge is -2.32. The zero-order valence-electron chi connectivity index (χ0n) is 9.73. The maximum atomic E-state index is 13.4. The molecular weight excluding hydrogens is 319 g/mol. The van der Waals surface area contributed by atoms with Gasteiger partial charge in [-0.1, -0.05) is 24.4 Å². The first-order chi connectivity index (χ1) is 8.58. The fraction of sp³-hybridized carbons (Fsp3) is 0.417. The van der Waals surface area contributed by atoms with E-state index in [2.05, 4.69) is 20.8 Å². The van der Waals surface area contributed by atoms with E-state index in [0.29, 0.717) is 29.2 Å². The third-order valence-corrected chi connectivity index (χ3v) is 4.04. The van der Waals surface area contributed by atoms with E-state index in [1.54, 1.807) is 6.07 Å². The van der Waals surface area contributed by atoms with Gasteiger partial charge in [-0.15, -0.1) is 0 Å². The lowest BCUT2D eigenvalue weighted by atomic mass is 10.2. The zero-order chi connectivity index (χ0) is 13.1. The number of thiocarbonyl (C=S) groups is 1. The Morgan fingerprint density at radius 2 is 2.39 bits per heavy atom. The number of morpholine rings is 1. The van der Waals surface area contributed by atoms with E-state index < -0.39 is 0 Å². The van der Waals surface area contributed by atoms with E-state index in [-0.39, 0.29) is 11.9 Å². The maximum Gasteiger partial charge on any atom is 0.137 e. The standard InChI is InChI=1S/C12H14BrFN2OS/c13-11-8(2-1-3-9(11)14)6-16-4-5-17-10(7-16)12(15)18/h1-3,10H,4-7H2,(H2,15,18). The van der Waals surface area contributed by atoms with Crippen molar-refractivity contribution in [2.75, 3.05) is 19.7 Å². The molecule has 0 aliphatic carbocycles. The van der Waals surface area contributed by atoms with Crippen LogP contribution in [-0.2, 0) is 11.3 Å². The minimum Gasteiger partial charge on any atom is -0.391 e. The van der Waals surface area contributed by atoms with Gasteiger partial charge in [0.2, 0.25) is 0 Å². The van der Waals surface area contributed by atoms with Gasteiger partial charge in [-0.05, 0) is 27.6 Å². The van der Waals surface area contributed by atoms with Crippen LogP contribution in [0.2, 0.25) is 0 Å². The molecular formula is C12H14BrFN2OS. The lowest BCUT2D eigenvalue weighted by Crippen LogP contribution is -2.47. The molecule has 6 heteroatoms. The third kappa shape index (κ3) is 3.26. The van der Waals surface area contributed by atoms with E-state index in [9.17, 15) is 4.39 Å². The normalized spacial score (nSPS) is 20.9. The third-order valence-electron chi connectivity index (χ3n) is 2.89. The van der Waals surface area contributed by atoms with Gasteiger partial charge in [0.25, 0.3) is 0 Å². The average Bonchev–Trinajstić information content (AvgIpc) is 2.35. The van der Waals surface area contributed by atoms with Crippen molar-refractivity contribution in [3.05, 3.63) is 34.1 Å². The summed E-state index contributed by atoms with van der Waals surface area (Å²) in [5, 5.41) is 0. The van der Waals surface area contributed by atoms with E-state index >= 15 is 0 Å². The second-order valence-electron chi connectivity index (χ2n) is 4.21. The number of nitrogens with two attached hydrogens (primary N) is 1. The van der Waals surface area contributed by atoms with Gasteiger partial charge >= 0.3 is 0 Å². The molecule has 1 aromatic rings. The van der Waals surface area contributed by atoms with Crippen molar-refractivity contribution in [3.63, 3.8) is 0 Å². The topological polar surface area (TPSA) is 38.5 Å². The van der Waals surface area contributed by atoms with Crippen molar-refractivity contribution in [3.8, 4) is 0 Å². The maximum absolute atomic E-state index is 13.4. The van der Waals surface area contributed by atoms with Crippen LogP contribution in [0.4, 0.5) is 4.39 Å². The van der Waals surface area contributed by atoms with E-state index in [1.807, 2.05) is 6.07 Å². The minimum atomic E-state index is -0.244. The molecule has 1 fully saturated rings. The minimum absolute atomic E-state index is 0.207. The Hall–Kier alpha value is -0.560. The second kappa shape index (κ2) is 6.06. The summed E-state index contributed by atoms with van der Waals surface area (Å²) in [6.07, 6.45) is -0.207. The molecule has 98 valence electrons. The molecule has 1 unspecified atom stereocenters. The van der Waals surface area contributed by atoms with Gasteiger partial charge in [-0.3, -0.25) is 4.90 Å². The van der Waals surface area contributed by atoms with Gasteiger partial charge in [0, 0.05) is 19.6 Å². The Morgan fingerprint density at radius 3 is 3.11 bits per heavy atom. The first kappa shape index (κ1) is 13.9.